The first-order valence-electron chi connectivity index (χ1n) is 4.70. The lowest BCUT2D eigenvalue weighted by Crippen LogP contribution is -2.31. The van der Waals surface area contributed by atoms with Gasteiger partial charge in [-0.3, -0.25) is 0 Å². The van der Waals surface area contributed by atoms with E-state index >= 15 is 0 Å². The van der Waals surface area contributed by atoms with Crippen molar-refractivity contribution in [3.8, 4) is 0 Å². The monoisotopic (exact) mass is 325 g/mol. The third kappa shape index (κ3) is 3.45. The molecule has 0 amide bonds. The summed E-state index contributed by atoms with van der Waals surface area (Å²) in [6.45, 7) is 2.32. The maximum atomic E-state index is 12.0. The van der Waals surface area contributed by atoms with E-state index in [4.69, 9.17) is 11.6 Å². The fraction of sp³-hybridized carbons (Fsp3) is 0.400. The Labute approximate surface area is 110 Å². The van der Waals surface area contributed by atoms with Crippen LogP contribution < -0.4 is 0 Å². The van der Waals surface area contributed by atoms with Crippen molar-refractivity contribution in [3.05, 3.63) is 29.3 Å². The van der Waals surface area contributed by atoms with Gasteiger partial charge in [-0.05, 0) is 24.3 Å². The molecule has 0 heterocycles. The van der Waals surface area contributed by atoms with Gasteiger partial charge < -0.3 is 0 Å². The van der Waals surface area contributed by atoms with Crippen LogP contribution in [0.2, 0.25) is 5.02 Å². The molecule has 0 aliphatic carbocycles. The van der Waals surface area contributed by atoms with Gasteiger partial charge in [-0.25, -0.2) is 8.42 Å². The minimum absolute atomic E-state index is 0.111. The van der Waals surface area contributed by atoms with Crippen LogP contribution in [0.25, 0.3) is 0 Å². The van der Waals surface area contributed by atoms with Crippen LogP contribution in [-0.4, -0.2) is 31.1 Å². The summed E-state index contributed by atoms with van der Waals surface area (Å²) in [5, 5.41) is 0.524. The Morgan fingerprint density at radius 3 is 2.31 bits per heavy atom. The Hall–Kier alpha value is -0.100. The highest BCUT2D eigenvalue weighted by Gasteiger charge is 2.21. The van der Waals surface area contributed by atoms with Crippen LogP contribution in [0.4, 0.5) is 0 Å². The third-order valence-electron chi connectivity index (χ3n) is 2.03. The largest absolute Gasteiger partial charge is 0.242 e. The van der Waals surface area contributed by atoms with Crippen LogP contribution in [0.5, 0.6) is 0 Å². The molecule has 0 spiro atoms. The Balaban J connectivity index is 2.97. The molecule has 0 radical (unpaired) electrons. The van der Waals surface area contributed by atoms with Gasteiger partial charge in [-0.2, -0.15) is 4.31 Å². The molecule has 0 saturated carbocycles. The number of alkyl halides is 1. The summed E-state index contributed by atoms with van der Waals surface area (Å²) in [7, 11) is -1.85. The molecule has 0 aromatic heterocycles. The van der Waals surface area contributed by atoms with E-state index in [1.807, 2.05) is 6.92 Å². The zero-order valence-electron chi connectivity index (χ0n) is 9.02. The quantitative estimate of drug-likeness (QED) is 0.798. The van der Waals surface area contributed by atoms with E-state index in [0.717, 1.165) is 0 Å². The number of hydrogen-bond acceptors (Lipinski definition) is 2. The second kappa shape index (κ2) is 5.49. The smallest absolute Gasteiger partial charge is 0.207 e. The van der Waals surface area contributed by atoms with Crippen LogP contribution in [0.15, 0.2) is 29.2 Å². The average Bonchev–Trinajstić information content (AvgIpc) is 2.17. The molecule has 90 valence electrons. The Bertz CT molecular complexity index is 444. The maximum Gasteiger partial charge on any atom is 0.242 e. The van der Waals surface area contributed by atoms with Crippen molar-refractivity contribution in [1.29, 1.82) is 0 Å². The summed E-state index contributed by atoms with van der Waals surface area (Å²) < 4.78 is 25.4. The normalized spacial score (nSPS) is 14.1. The molecule has 1 aromatic rings. The molecule has 0 fully saturated rings. The zero-order valence-corrected chi connectivity index (χ0v) is 12.2. The van der Waals surface area contributed by atoms with E-state index in [9.17, 15) is 8.42 Å². The summed E-state index contributed by atoms with van der Waals surface area (Å²) in [5.74, 6) is 0. The number of rotatable bonds is 4. The molecule has 0 saturated heterocycles. The molecule has 6 heteroatoms. The van der Waals surface area contributed by atoms with E-state index in [2.05, 4.69) is 15.9 Å². The van der Waals surface area contributed by atoms with Gasteiger partial charge in [0.1, 0.15) is 0 Å². The number of nitrogens with zero attached hydrogens (tertiary/aromatic N) is 1. The van der Waals surface area contributed by atoms with Crippen molar-refractivity contribution in [2.24, 2.45) is 0 Å². The minimum Gasteiger partial charge on any atom is -0.207 e. The van der Waals surface area contributed by atoms with Crippen molar-refractivity contribution < 1.29 is 8.42 Å². The molecular weight excluding hydrogens is 314 g/mol. The molecule has 0 aliphatic heterocycles. The van der Waals surface area contributed by atoms with Gasteiger partial charge in [0.05, 0.1) is 4.90 Å². The van der Waals surface area contributed by atoms with Crippen molar-refractivity contribution in [3.63, 3.8) is 0 Å². The topological polar surface area (TPSA) is 37.4 Å². The van der Waals surface area contributed by atoms with Gasteiger partial charge in [0.15, 0.2) is 0 Å². The van der Waals surface area contributed by atoms with Crippen molar-refractivity contribution in [2.75, 3.05) is 13.6 Å². The lowest BCUT2D eigenvalue weighted by Gasteiger charge is -2.18. The summed E-state index contributed by atoms with van der Waals surface area (Å²) in [5.41, 5.74) is 0. The van der Waals surface area contributed by atoms with Crippen molar-refractivity contribution in [2.45, 2.75) is 16.6 Å². The van der Waals surface area contributed by atoms with Gasteiger partial charge in [-0.15, -0.1) is 0 Å². The first kappa shape index (κ1) is 14.0. The molecule has 0 aliphatic rings. The van der Waals surface area contributed by atoms with Crippen LogP contribution in [0.1, 0.15) is 6.92 Å². The second-order valence-corrected chi connectivity index (χ2v) is 7.56. The minimum atomic E-state index is -3.41. The van der Waals surface area contributed by atoms with Gasteiger partial charge in [0.25, 0.3) is 0 Å². The molecule has 0 N–H and O–H groups in total. The molecule has 1 rings (SSSR count). The van der Waals surface area contributed by atoms with E-state index in [1.54, 1.807) is 19.2 Å². The maximum absolute atomic E-state index is 12.0. The van der Waals surface area contributed by atoms with Gasteiger partial charge in [0.2, 0.25) is 10.0 Å². The standard InChI is InChI=1S/C10H13BrClNO2S/c1-8(11)7-13(2)16(14,15)10-5-3-9(12)4-6-10/h3-6,8H,7H2,1-2H3. The van der Waals surface area contributed by atoms with E-state index in [1.165, 1.54) is 16.4 Å². The molecule has 1 atom stereocenters. The number of benzene rings is 1. The lowest BCUT2D eigenvalue weighted by molar-refractivity contribution is 0.473. The summed E-state index contributed by atoms with van der Waals surface area (Å²) in [6.07, 6.45) is 0. The fourth-order valence-electron chi connectivity index (χ4n) is 1.24. The summed E-state index contributed by atoms with van der Waals surface area (Å²) >= 11 is 9.03. The zero-order chi connectivity index (χ0) is 12.3. The molecule has 1 unspecified atom stereocenters. The average molecular weight is 327 g/mol. The number of sulfonamides is 1. The molecule has 16 heavy (non-hydrogen) atoms. The van der Waals surface area contributed by atoms with E-state index in [-0.39, 0.29) is 9.72 Å². The second-order valence-electron chi connectivity index (χ2n) is 3.52. The Morgan fingerprint density at radius 2 is 1.88 bits per heavy atom. The lowest BCUT2D eigenvalue weighted by atomic mass is 10.4. The van der Waals surface area contributed by atoms with Crippen molar-refractivity contribution in [1.82, 2.24) is 4.31 Å². The predicted octanol–water partition coefficient (Wildman–Crippen LogP) is 2.74. The van der Waals surface area contributed by atoms with E-state index < -0.39 is 10.0 Å². The highest BCUT2D eigenvalue weighted by atomic mass is 79.9. The first-order chi connectivity index (χ1) is 7.34. The van der Waals surface area contributed by atoms with Gasteiger partial charge >= 0.3 is 0 Å². The summed E-state index contributed by atoms with van der Waals surface area (Å²) in [6, 6.07) is 6.15. The molecule has 1 aromatic carbocycles. The number of hydrogen-bond donors (Lipinski definition) is 0. The van der Waals surface area contributed by atoms with Gasteiger partial charge in [-0.1, -0.05) is 34.5 Å². The summed E-state index contributed by atoms with van der Waals surface area (Å²) in [4.78, 5) is 0.368. The van der Waals surface area contributed by atoms with Crippen LogP contribution in [0, 0.1) is 0 Å². The van der Waals surface area contributed by atoms with E-state index in [0.29, 0.717) is 11.6 Å². The fourth-order valence-corrected chi connectivity index (χ4v) is 3.25. The highest BCUT2D eigenvalue weighted by molar-refractivity contribution is 9.09. The number of halogens is 2. The SMILES string of the molecule is CC(Br)CN(C)S(=O)(=O)c1ccc(Cl)cc1. The Kier molecular flexibility index (Phi) is 4.79. The van der Waals surface area contributed by atoms with Gasteiger partial charge in [0, 0.05) is 23.4 Å². The first-order valence-corrected chi connectivity index (χ1v) is 7.43. The molecule has 3 nitrogen and oxygen atoms in total. The van der Waals surface area contributed by atoms with Crippen LogP contribution in [0.3, 0.4) is 0 Å². The molecule has 0 bridgehead atoms. The molecular formula is C10H13BrClNO2S. The van der Waals surface area contributed by atoms with Crippen LogP contribution >= 0.6 is 27.5 Å². The predicted molar refractivity (Wildman–Crippen MR) is 69.7 cm³/mol. The van der Waals surface area contributed by atoms with Crippen molar-refractivity contribution >= 4 is 37.6 Å². The Morgan fingerprint density at radius 1 is 1.38 bits per heavy atom. The third-order valence-corrected chi connectivity index (χ3v) is 4.41. The highest BCUT2D eigenvalue weighted by Crippen LogP contribution is 2.18. The van der Waals surface area contributed by atoms with Crippen LogP contribution in [-0.2, 0) is 10.0 Å².